The molecule has 1 amide bonds. The molecule has 19 heavy (non-hydrogen) atoms. The summed E-state index contributed by atoms with van der Waals surface area (Å²) in [4.78, 5) is 11.9. The van der Waals surface area contributed by atoms with Crippen molar-refractivity contribution in [1.82, 2.24) is 5.32 Å². The van der Waals surface area contributed by atoms with E-state index in [0.29, 0.717) is 12.8 Å². The molecule has 2 atom stereocenters. The van der Waals surface area contributed by atoms with Crippen molar-refractivity contribution >= 4 is 27.5 Å². The molecule has 0 spiro atoms. The fourth-order valence-electron chi connectivity index (χ4n) is 1.88. The van der Waals surface area contributed by atoms with Crippen molar-refractivity contribution in [3.63, 3.8) is 0 Å². The third kappa shape index (κ3) is 6.71. The molecule has 0 aliphatic heterocycles. The Morgan fingerprint density at radius 1 is 1.37 bits per heavy atom. The minimum absolute atomic E-state index is 0.0192. The van der Waals surface area contributed by atoms with Crippen LogP contribution in [0, 0.1) is 0 Å². The SMILES string of the molecule is CC(CC(=O)Nc1cccc(Br)c1)N[C@H](C)CCO. The smallest absolute Gasteiger partial charge is 0.225 e. The average Bonchev–Trinajstić information content (AvgIpc) is 2.28. The van der Waals surface area contributed by atoms with Crippen LogP contribution in [0.5, 0.6) is 0 Å². The molecule has 0 aliphatic carbocycles. The summed E-state index contributed by atoms with van der Waals surface area (Å²) in [5, 5.41) is 15.0. The highest BCUT2D eigenvalue weighted by Gasteiger charge is 2.11. The van der Waals surface area contributed by atoms with E-state index in [9.17, 15) is 4.79 Å². The number of halogens is 1. The lowest BCUT2D eigenvalue weighted by molar-refractivity contribution is -0.116. The third-order valence-corrected chi connectivity index (χ3v) is 3.22. The van der Waals surface area contributed by atoms with E-state index in [1.807, 2.05) is 38.1 Å². The fraction of sp³-hybridized carbons (Fsp3) is 0.500. The number of amides is 1. The van der Waals surface area contributed by atoms with Gasteiger partial charge in [-0.1, -0.05) is 22.0 Å². The summed E-state index contributed by atoms with van der Waals surface area (Å²) >= 11 is 3.37. The lowest BCUT2D eigenvalue weighted by Gasteiger charge is -2.19. The molecule has 1 rings (SSSR count). The summed E-state index contributed by atoms with van der Waals surface area (Å²) in [6, 6.07) is 7.80. The van der Waals surface area contributed by atoms with Crippen LogP contribution in [0.15, 0.2) is 28.7 Å². The van der Waals surface area contributed by atoms with Gasteiger partial charge in [-0.3, -0.25) is 4.79 Å². The van der Waals surface area contributed by atoms with Crippen molar-refractivity contribution in [2.75, 3.05) is 11.9 Å². The maximum absolute atomic E-state index is 11.9. The van der Waals surface area contributed by atoms with Gasteiger partial charge in [-0.05, 0) is 38.5 Å². The summed E-state index contributed by atoms with van der Waals surface area (Å²) in [6.07, 6.45) is 1.10. The molecule has 5 heteroatoms. The predicted octanol–water partition coefficient (Wildman–Crippen LogP) is 2.53. The van der Waals surface area contributed by atoms with Gasteiger partial charge in [-0.25, -0.2) is 0 Å². The topological polar surface area (TPSA) is 61.4 Å². The summed E-state index contributed by atoms with van der Waals surface area (Å²) in [5.74, 6) is -0.0192. The maximum Gasteiger partial charge on any atom is 0.225 e. The molecule has 1 aromatic rings. The molecule has 0 aliphatic rings. The third-order valence-electron chi connectivity index (χ3n) is 2.73. The highest BCUT2D eigenvalue weighted by atomic mass is 79.9. The van der Waals surface area contributed by atoms with Gasteiger partial charge < -0.3 is 15.7 Å². The molecule has 0 aromatic heterocycles. The second-order valence-electron chi connectivity index (χ2n) is 4.74. The van der Waals surface area contributed by atoms with E-state index >= 15 is 0 Å². The second kappa shape index (κ2) is 8.30. The van der Waals surface area contributed by atoms with Crippen LogP contribution in [0.2, 0.25) is 0 Å². The van der Waals surface area contributed by atoms with Crippen molar-refractivity contribution in [2.24, 2.45) is 0 Å². The maximum atomic E-state index is 11.9. The molecule has 106 valence electrons. The van der Waals surface area contributed by atoms with Gasteiger partial charge in [0.05, 0.1) is 0 Å². The minimum Gasteiger partial charge on any atom is -0.396 e. The van der Waals surface area contributed by atoms with Crippen molar-refractivity contribution in [3.05, 3.63) is 28.7 Å². The fourth-order valence-corrected chi connectivity index (χ4v) is 2.28. The van der Waals surface area contributed by atoms with Gasteiger partial charge >= 0.3 is 0 Å². The van der Waals surface area contributed by atoms with Crippen molar-refractivity contribution in [3.8, 4) is 0 Å². The van der Waals surface area contributed by atoms with Crippen LogP contribution in [-0.4, -0.2) is 29.7 Å². The van der Waals surface area contributed by atoms with Gasteiger partial charge in [0.15, 0.2) is 0 Å². The molecule has 3 N–H and O–H groups in total. The molecule has 1 aromatic carbocycles. The first-order valence-electron chi connectivity index (χ1n) is 6.43. The molecular formula is C14H21BrN2O2. The first kappa shape index (κ1) is 16.1. The van der Waals surface area contributed by atoms with Gasteiger partial charge in [-0.15, -0.1) is 0 Å². The van der Waals surface area contributed by atoms with Crippen molar-refractivity contribution < 1.29 is 9.90 Å². The highest BCUT2D eigenvalue weighted by molar-refractivity contribution is 9.10. The molecule has 0 radical (unpaired) electrons. The molecule has 0 saturated heterocycles. The number of hydrogen-bond donors (Lipinski definition) is 3. The van der Waals surface area contributed by atoms with Crippen LogP contribution >= 0.6 is 15.9 Å². The van der Waals surface area contributed by atoms with Crippen LogP contribution in [0.25, 0.3) is 0 Å². The Morgan fingerprint density at radius 2 is 2.11 bits per heavy atom. The number of carbonyl (C=O) groups excluding carboxylic acids is 1. The average molecular weight is 329 g/mol. The first-order chi connectivity index (χ1) is 9.01. The zero-order valence-electron chi connectivity index (χ0n) is 11.3. The Bertz CT molecular complexity index is 412. The molecule has 0 saturated carbocycles. The molecule has 4 nitrogen and oxygen atoms in total. The largest absolute Gasteiger partial charge is 0.396 e. The van der Waals surface area contributed by atoms with Crippen molar-refractivity contribution in [2.45, 2.75) is 38.8 Å². The Balaban J connectivity index is 2.38. The lowest BCUT2D eigenvalue weighted by Crippen LogP contribution is -2.37. The van der Waals surface area contributed by atoms with Crippen LogP contribution in [0.1, 0.15) is 26.7 Å². The summed E-state index contributed by atoms with van der Waals surface area (Å²) in [7, 11) is 0. The van der Waals surface area contributed by atoms with Gasteiger partial charge in [0.2, 0.25) is 5.91 Å². The van der Waals surface area contributed by atoms with E-state index in [-0.39, 0.29) is 24.6 Å². The highest BCUT2D eigenvalue weighted by Crippen LogP contribution is 2.15. The molecule has 0 bridgehead atoms. The van der Waals surface area contributed by atoms with E-state index in [1.54, 1.807) is 0 Å². The Morgan fingerprint density at radius 3 is 2.74 bits per heavy atom. The summed E-state index contributed by atoms with van der Waals surface area (Å²) < 4.78 is 0.938. The number of nitrogens with one attached hydrogen (secondary N) is 2. The normalized spacial score (nSPS) is 13.9. The number of hydrogen-bond acceptors (Lipinski definition) is 3. The number of benzene rings is 1. The van der Waals surface area contributed by atoms with Gasteiger partial charge in [0, 0.05) is 35.3 Å². The number of anilines is 1. The van der Waals surface area contributed by atoms with Crippen LogP contribution in [0.3, 0.4) is 0 Å². The first-order valence-corrected chi connectivity index (χ1v) is 7.23. The van der Waals surface area contributed by atoms with Gasteiger partial charge in [0.25, 0.3) is 0 Å². The van der Waals surface area contributed by atoms with E-state index in [1.165, 1.54) is 0 Å². The van der Waals surface area contributed by atoms with Crippen LogP contribution in [-0.2, 0) is 4.79 Å². The molecule has 1 unspecified atom stereocenters. The van der Waals surface area contributed by atoms with E-state index in [0.717, 1.165) is 10.2 Å². The van der Waals surface area contributed by atoms with E-state index in [2.05, 4.69) is 26.6 Å². The standard InChI is InChI=1S/C14H21BrN2O2/c1-10(6-7-18)16-11(2)8-14(19)17-13-5-3-4-12(15)9-13/h3-5,9-11,16,18H,6-8H2,1-2H3,(H,17,19)/t10-,11?/m1/s1. The monoisotopic (exact) mass is 328 g/mol. The number of carbonyl (C=O) groups is 1. The zero-order chi connectivity index (χ0) is 14.3. The molecule has 0 heterocycles. The van der Waals surface area contributed by atoms with Gasteiger partial charge in [-0.2, -0.15) is 0 Å². The minimum atomic E-state index is -0.0192. The lowest BCUT2D eigenvalue weighted by atomic mass is 10.1. The van der Waals surface area contributed by atoms with E-state index < -0.39 is 0 Å². The Hall–Kier alpha value is -0.910. The van der Waals surface area contributed by atoms with Gasteiger partial charge in [0.1, 0.15) is 0 Å². The molecule has 0 fully saturated rings. The number of aliphatic hydroxyl groups is 1. The predicted molar refractivity (Wildman–Crippen MR) is 81.2 cm³/mol. The van der Waals surface area contributed by atoms with Crippen molar-refractivity contribution in [1.29, 1.82) is 0 Å². The quantitative estimate of drug-likeness (QED) is 0.720. The Kier molecular flexibility index (Phi) is 7.05. The number of aliphatic hydroxyl groups excluding tert-OH is 1. The summed E-state index contributed by atoms with van der Waals surface area (Å²) in [6.45, 7) is 4.12. The summed E-state index contributed by atoms with van der Waals surface area (Å²) in [5.41, 5.74) is 0.787. The van der Waals surface area contributed by atoms with E-state index in [4.69, 9.17) is 5.11 Å². The van der Waals surface area contributed by atoms with Crippen LogP contribution in [0.4, 0.5) is 5.69 Å². The number of rotatable bonds is 7. The Labute approximate surface area is 122 Å². The molecular weight excluding hydrogens is 308 g/mol. The van der Waals surface area contributed by atoms with Crippen LogP contribution < -0.4 is 10.6 Å². The zero-order valence-corrected chi connectivity index (χ0v) is 12.9. The second-order valence-corrected chi connectivity index (χ2v) is 5.66.